The number of carboxylic acids is 1. The van der Waals surface area contributed by atoms with Crippen LogP contribution >= 0.6 is 15.9 Å². The van der Waals surface area contributed by atoms with Gasteiger partial charge in [0.25, 0.3) is 6.10 Å². The van der Waals surface area contributed by atoms with Gasteiger partial charge in [0.15, 0.2) is 5.78 Å². The molecule has 0 aliphatic carbocycles. The molecule has 0 saturated heterocycles. The van der Waals surface area contributed by atoms with Crippen LogP contribution < -0.4 is 4.74 Å². The summed E-state index contributed by atoms with van der Waals surface area (Å²) in [7, 11) is 0. The van der Waals surface area contributed by atoms with Crippen LogP contribution in [0.15, 0.2) is 28.7 Å². The van der Waals surface area contributed by atoms with Gasteiger partial charge in [-0.15, -0.1) is 0 Å². The Morgan fingerprint density at radius 3 is 2.41 bits per heavy atom. The molecule has 0 fully saturated rings. The molecule has 0 radical (unpaired) electrons. The van der Waals surface area contributed by atoms with Crippen molar-refractivity contribution in [1.29, 1.82) is 0 Å². The predicted molar refractivity (Wildman–Crippen MR) is 66.1 cm³/mol. The van der Waals surface area contributed by atoms with Crippen LogP contribution in [0, 0.1) is 0 Å². The minimum Gasteiger partial charge on any atom is -0.478 e. The summed E-state index contributed by atoms with van der Waals surface area (Å²) in [5.74, 6) is -1.31. The highest BCUT2D eigenvalue weighted by Crippen LogP contribution is 2.18. The minimum atomic E-state index is -1.42. The molecular formula is C12H13BrO4. The van der Waals surface area contributed by atoms with E-state index in [1.54, 1.807) is 24.3 Å². The zero-order chi connectivity index (χ0) is 12.8. The molecule has 0 amide bonds. The molecule has 1 rings (SSSR count). The highest BCUT2D eigenvalue weighted by atomic mass is 79.9. The van der Waals surface area contributed by atoms with E-state index in [1.165, 1.54) is 0 Å². The van der Waals surface area contributed by atoms with Gasteiger partial charge in [-0.1, -0.05) is 22.9 Å². The number of aliphatic carboxylic acids is 1. The van der Waals surface area contributed by atoms with E-state index in [9.17, 15) is 9.59 Å². The number of carbonyl (C=O) groups is 2. The second-order valence-electron chi connectivity index (χ2n) is 3.51. The molecule has 1 N–H and O–H groups in total. The van der Waals surface area contributed by atoms with Gasteiger partial charge in [-0.05, 0) is 30.7 Å². The van der Waals surface area contributed by atoms with Gasteiger partial charge in [0.2, 0.25) is 0 Å². The van der Waals surface area contributed by atoms with E-state index >= 15 is 0 Å². The lowest BCUT2D eigenvalue weighted by Gasteiger charge is -2.13. The van der Waals surface area contributed by atoms with Crippen molar-refractivity contribution in [3.05, 3.63) is 28.7 Å². The Bertz CT molecular complexity index is 399. The summed E-state index contributed by atoms with van der Waals surface area (Å²) >= 11 is 3.26. The molecule has 4 nitrogen and oxygen atoms in total. The van der Waals surface area contributed by atoms with E-state index in [-0.39, 0.29) is 6.42 Å². The smallest absolute Gasteiger partial charge is 0.352 e. The molecule has 17 heavy (non-hydrogen) atoms. The maximum Gasteiger partial charge on any atom is 0.352 e. The number of halogens is 1. The average molecular weight is 301 g/mol. The Labute approximate surface area is 108 Å². The Kier molecular flexibility index (Phi) is 5.15. The van der Waals surface area contributed by atoms with Crippen LogP contribution in [0.25, 0.3) is 0 Å². The van der Waals surface area contributed by atoms with Crippen molar-refractivity contribution in [1.82, 2.24) is 0 Å². The number of ketones is 1. The van der Waals surface area contributed by atoms with Gasteiger partial charge in [0.1, 0.15) is 5.75 Å². The first-order valence-electron chi connectivity index (χ1n) is 5.22. The molecule has 0 heterocycles. The SMILES string of the molecule is CCCC(=O)C(Oc1ccc(Br)cc1)C(=O)O. The van der Waals surface area contributed by atoms with E-state index in [0.717, 1.165) is 4.47 Å². The molecule has 0 aliphatic rings. The zero-order valence-corrected chi connectivity index (χ0v) is 10.9. The summed E-state index contributed by atoms with van der Waals surface area (Å²) < 4.78 is 6.03. The highest BCUT2D eigenvalue weighted by molar-refractivity contribution is 9.10. The molecule has 92 valence electrons. The van der Waals surface area contributed by atoms with Crippen LogP contribution in [-0.2, 0) is 9.59 Å². The van der Waals surface area contributed by atoms with Crippen molar-refractivity contribution in [3.63, 3.8) is 0 Å². The van der Waals surface area contributed by atoms with Gasteiger partial charge >= 0.3 is 5.97 Å². The molecular weight excluding hydrogens is 288 g/mol. The highest BCUT2D eigenvalue weighted by Gasteiger charge is 2.27. The molecule has 1 aromatic rings. The van der Waals surface area contributed by atoms with Gasteiger partial charge < -0.3 is 9.84 Å². The van der Waals surface area contributed by atoms with Crippen LogP contribution in [0.4, 0.5) is 0 Å². The number of benzene rings is 1. The first-order chi connectivity index (χ1) is 8.04. The number of hydrogen-bond donors (Lipinski definition) is 1. The van der Waals surface area contributed by atoms with E-state index in [1.807, 2.05) is 6.92 Å². The fourth-order valence-electron chi connectivity index (χ4n) is 1.28. The summed E-state index contributed by atoms with van der Waals surface area (Å²) in [4.78, 5) is 22.5. The Morgan fingerprint density at radius 1 is 1.35 bits per heavy atom. The van der Waals surface area contributed by atoms with Crippen LogP contribution in [0.2, 0.25) is 0 Å². The zero-order valence-electron chi connectivity index (χ0n) is 9.35. The van der Waals surface area contributed by atoms with Crippen LogP contribution in [0.3, 0.4) is 0 Å². The van der Waals surface area contributed by atoms with E-state index in [4.69, 9.17) is 9.84 Å². The van der Waals surface area contributed by atoms with Gasteiger partial charge in [-0.2, -0.15) is 0 Å². The lowest BCUT2D eigenvalue weighted by molar-refractivity contribution is -0.150. The van der Waals surface area contributed by atoms with Crippen LogP contribution in [0.5, 0.6) is 5.75 Å². The van der Waals surface area contributed by atoms with Crippen LogP contribution in [0.1, 0.15) is 19.8 Å². The van der Waals surface area contributed by atoms with Gasteiger partial charge in [0, 0.05) is 10.9 Å². The number of ether oxygens (including phenoxy) is 1. The molecule has 0 saturated carbocycles. The summed E-state index contributed by atoms with van der Waals surface area (Å²) in [6, 6.07) is 6.66. The molecule has 1 aromatic carbocycles. The summed E-state index contributed by atoms with van der Waals surface area (Å²) in [6.07, 6.45) is -0.615. The molecule has 1 unspecified atom stereocenters. The second-order valence-corrected chi connectivity index (χ2v) is 4.42. The normalized spacial score (nSPS) is 11.9. The quantitative estimate of drug-likeness (QED) is 0.820. The first-order valence-corrected chi connectivity index (χ1v) is 6.01. The standard InChI is InChI=1S/C12H13BrO4/c1-2-3-10(14)11(12(15)16)17-9-6-4-8(13)5-7-9/h4-7,11H,2-3H2,1H3,(H,15,16). The molecule has 1 atom stereocenters. The van der Waals surface area contributed by atoms with Gasteiger partial charge in [-0.3, -0.25) is 4.79 Å². The number of carboxylic acid groups (broad SMARTS) is 1. The topological polar surface area (TPSA) is 63.6 Å². The van der Waals surface area contributed by atoms with Gasteiger partial charge in [-0.25, -0.2) is 4.79 Å². The Hall–Kier alpha value is -1.36. The molecule has 5 heteroatoms. The first kappa shape index (κ1) is 13.7. The fourth-order valence-corrected chi connectivity index (χ4v) is 1.54. The van der Waals surface area contributed by atoms with E-state index in [0.29, 0.717) is 12.2 Å². The minimum absolute atomic E-state index is 0.202. The lowest BCUT2D eigenvalue weighted by Crippen LogP contribution is -2.35. The van der Waals surface area contributed by atoms with Gasteiger partial charge in [0.05, 0.1) is 0 Å². The summed E-state index contributed by atoms with van der Waals surface area (Å²) in [5.41, 5.74) is 0. The predicted octanol–water partition coefficient (Wildman–Crippen LogP) is 2.65. The molecule has 0 aromatic heterocycles. The Balaban J connectivity index is 2.76. The third-order valence-electron chi connectivity index (χ3n) is 2.08. The molecule has 0 spiro atoms. The largest absolute Gasteiger partial charge is 0.478 e. The van der Waals surface area contributed by atoms with Crippen molar-refractivity contribution in [3.8, 4) is 5.75 Å². The Morgan fingerprint density at radius 2 is 1.94 bits per heavy atom. The summed E-state index contributed by atoms with van der Waals surface area (Å²) in [6.45, 7) is 1.82. The van der Waals surface area contributed by atoms with E-state index < -0.39 is 17.9 Å². The second kappa shape index (κ2) is 6.39. The number of rotatable bonds is 6. The molecule has 0 bridgehead atoms. The number of carbonyl (C=O) groups excluding carboxylic acids is 1. The lowest BCUT2D eigenvalue weighted by atomic mass is 10.1. The van der Waals surface area contributed by atoms with Crippen molar-refractivity contribution in [2.24, 2.45) is 0 Å². The summed E-state index contributed by atoms with van der Waals surface area (Å²) in [5, 5.41) is 8.93. The van der Waals surface area contributed by atoms with Crippen molar-refractivity contribution >= 4 is 27.7 Å². The van der Waals surface area contributed by atoms with Crippen molar-refractivity contribution in [2.75, 3.05) is 0 Å². The average Bonchev–Trinajstić information content (AvgIpc) is 2.28. The maximum absolute atomic E-state index is 11.5. The third-order valence-corrected chi connectivity index (χ3v) is 2.61. The fraction of sp³-hybridized carbons (Fsp3) is 0.333. The monoisotopic (exact) mass is 300 g/mol. The third kappa shape index (κ3) is 4.19. The van der Waals surface area contributed by atoms with Crippen LogP contribution in [-0.4, -0.2) is 23.0 Å². The number of Topliss-reactive ketones (excluding diaryl/α,β-unsaturated/α-hetero) is 1. The molecule has 0 aliphatic heterocycles. The van der Waals surface area contributed by atoms with E-state index in [2.05, 4.69) is 15.9 Å². The number of hydrogen-bond acceptors (Lipinski definition) is 3. The maximum atomic E-state index is 11.5. The van der Waals surface area contributed by atoms with Crippen molar-refractivity contribution in [2.45, 2.75) is 25.9 Å². The van der Waals surface area contributed by atoms with Crippen molar-refractivity contribution < 1.29 is 19.4 Å².